The molecule has 0 aromatic carbocycles. The minimum Gasteiger partial charge on any atom is -0.789 e. The number of hydrogen-bond donors (Lipinski definition) is 3. The van der Waals surface area contributed by atoms with Crippen molar-refractivity contribution >= 4 is 21.6 Å². The van der Waals surface area contributed by atoms with Gasteiger partial charge in [0.2, 0.25) is 0 Å². The van der Waals surface area contributed by atoms with Crippen LogP contribution >= 0.6 is 15.6 Å². The van der Waals surface area contributed by atoms with Gasteiger partial charge in [0.25, 0.3) is 0 Å². The molecule has 11 nitrogen and oxygen atoms in total. The van der Waals surface area contributed by atoms with E-state index in [0.29, 0.717) is 6.92 Å². The molecule has 0 spiro atoms. The second-order valence-corrected chi connectivity index (χ2v) is 4.18. The van der Waals surface area contributed by atoms with E-state index < -0.39 is 21.6 Å². The van der Waals surface area contributed by atoms with Crippen LogP contribution in [0.1, 0.15) is 6.92 Å². The monoisotopic (exact) mass is 271 g/mol. The third kappa shape index (κ3) is 16.3. The minimum absolute atomic E-state index is 0. The fourth-order valence-corrected chi connectivity index (χ4v) is 1.72. The van der Waals surface area contributed by atoms with E-state index >= 15 is 0 Å². The number of carbonyl (C=O) groups is 1. The summed E-state index contributed by atoms with van der Waals surface area (Å²) in [6, 6.07) is 0. The number of phosphoric ester groups is 1. The van der Waals surface area contributed by atoms with Crippen LogP contribution in [0.5, 0.6) is 0 Å². The average Bonchev–Trinajstić information content (AvgIpc) is 1.48. The van der Waals surface area contributed by atoms with Crippen LogP contribution < -0.4 is 33.1 Å². The minimum atomic E-state index is -5.70. The van der Waals surface area contributed by atoms with Crippen LogP contribution in [0, 0.1) is 0 Å². The van der Waals surface area contributed by atoms with Crippen molar-refractivity contribution in [1.29, 1.82) is 0 Å². The van der Waals surface area contributed by atoms with Crippen LogP contribution in [0.2, 0.25) is 0 Å². The third-order valence-corrected chi connectivity index (χ3v) is 2.52. The Morgan fingerprint density at radius 2 is 1.40 bits per heavy atom. The summed E-state index contributed by atoms with van der Waals surface area (Å²) >= 11 is 0. The molecule has 0 amide bonds. The van der Waals surface area contributed by atoms with E-state index in [4.69, 9.17) is 0 Å². The highest BCUT2D eigenvalue weighted by Gasteiger charge is 2.14. The summed E-state index contributed by atoms with van der Waals surface area (Å²) in [6.45, 7) is 0.703. The smallest absolute Gasteiger partial charge is 0.325 e. The SMILES string of the molecule is CC(=O)OP(=O)([O-])OP(=O)([O-])[O-].[NH4+].[NH4+].[NH4+]. The van der Waals surface area contributed by atoms with Crippen molar-refractivity contribution in [3.63, 3.8) is 0 Å². The Kier molecular flexibility index (Phi) is 12.6. The first kappa shape index (κ1) is 24.1. The van der Waals surface area contributed by atoms with Gasteiger partial charge in [-0.1, -0.05) is 0 Å². The van der Waals surface area contributed by atoms with Gasteiger partial charge in [0, 0.05) is 6.92 Å². The quantitative estimate of drug-likeness (QED) is 0.534. The van der Waals surface area contributed by atoms with Crippen molar-refractivity contribution in [2.45, 2.75) is 6.92 Å². The lowest BCUT2D eigenvalue weighted by Crippen LogP contribution is -2.20. The molecule has 13 heteroatoms. The Morgan fingerprint density at radius 3 is 1.60 bits per heavy atom. The summed E-state index contributed by atoms with van der Waals surface area (Å²) < 4.78 is 26.3. The topological polar surface area (TPSA) is 248 Å². The van der Waals surface area contributed by atoms with Gasteiger partial charge < -0.3 is 42.2 Å². The second kappa shape index (κ2) is 7.88. The molecule has 0 radical (unpaired) electrons. The lowest BCUT2D eigenvalue weighted by molar-refractivity contribution is -0.339. The predicted molar refractivity (Wildman–Crippen MR) is 46.0 cm³/mol. The third-order valence-electron chi connectivity index (χ3n) is 0.440. The van der Waals surface area contributed by atoms with E-state index in [9.17, 15) is 28.6 Å². The largest absolute Gasteiger partial charge is 0.789 e. The van der Waals surface area contributed by atoms with Crippen LogP contribution in [0.3, 0.4) is 0 Å². The molecule has 0 saturated carbocycles. The van der Waals surface area contributed by atoms with E-state index in [1.807, 2.05) is 0 Å². The summed E-state index contributed by atoms with van der Waals surface area (Å²) in [6.07, 6.45) is 0. The molecule has 0 bridgehead atoms. The lowest BCUT2D eigenvalue weighted by Gasteiger charge is -2.34. The Hall–Kier alpha value is -0.350. The molecule has 0 heterocycles. The number of hydrogen-bond acceptors (Lipinski definition) is 8. The van der Waals surface area contributed by atoms with Crippen LogP contribution in [0.4, 0.5) is 0 Å². The molecule has 1 atom stereocenters. The maximum Gasteiger partial charge on any atom is 0.325 e. The van der Waals surface area contributed by atoms with Gasteiger partial charge in [-0.15, -0.1) is 0 Å². The molecule has 0 fully saturated rings. The Bertz CT molecular complexity index is 273. The Labute approximate surface area is 85.4 Å². The molecule has 0 aromatic rings. The van der Waals surface area contributed by atoms with Crippen molar-refractivity contribution in [3.8, 4) is 0 Å². The molecule has 0 aliphatic rings. The van der Waals surface area contributed by atoms with Crippen LogP contribution in [0.25, 0.3) is 0 Å². The van der Waals surface area contributed by atoms with Crippen LogP contribution in [-0.2, 0) is 22.8 Å². The summed E-state index contributed by atoms with van der Waals surface area (Å²) in [5.74, 6) is -1.30. The number of rotatable bonds is 3. The molecular weight excluding hydrogens is 256 g/mol. The van der Waals surface area contributed by atoms with Crippen LogP contribution in [0.15, 0.2) is 0 Å². The van der Waals surface area contributed by atoms with Crippen molar-refractivity contribution in [2.24, 2.45) is 0 Å². The first-order valence-electron chi connectivity index (χ1n) is 2.37. The lowest BCUT2D eigenvalue weighted by atomic mass is 10.9. The van der Waals surface area contributed by atoms with Gasteiger partial charge in [0.05, 0.1) is 7.82 Å². The predicted octanol–water partition coefficient (Wildman–Crippen LogP) is -1.01. The summed E-state index contributed by atoms with van der Waals surface area (Å²) in [5, 5.41) is 0. The fourth-order valence-electron chi connectivity index (χ4n) is 0.297. The summed E-state index contributed by atoms with van der Waals surface area (Å²) in [4.78, 5) is 39.7. The first-order valence-corrected chi connectivity index (χ1v) is 5.29. The van der Waals surface area contributed by atoms with Gasteiger partial charge in [-0.3, -0.25) is 13.7 Å². The molecule has 1 unspecified atom stereocenters. The van der Waals surface area contributed by atoms with E-state index in [-0.39, 0.29) is 18.5 Å². The zero-order valence-corrected chi connectivity index (χ0v) is 10.4. The van der Waals surface area contributed by atoms with Gasteiger partial charge in [-0.05, 0) is 0 Å². The summed E-state index contributed by atoms with van der Waals surface area (Å²) in [5.41, 5.74) is 0. The highest BCUT2D eigenvalue weighted by atomic mass is 31.3. The van der Waals surface area contributed by atoms with Gasteiger partial charge in [0.1, 0.15) is 0 Å². The average molecular weight is 271 g/mol. The Balaban J connectivity index is -0.000000202. The molecular formula is C2H15N3O8P2. The highest BCUT2D eigenvalue weighted by molar-refractivity contribution is 7.58. The van der Waals surface area contributed by atoms with Crippen molar-refractivity contribution < 1.29 is 37.4 Å². The molecule has 0 aliphatic heterocycles. The number of phosphoric acid groups is 2. The maximum absolute atomic E-state index is 10.2. The van der Waals surface area contributed by atoms with E-state index in [0.717, 1.165) is 0 Å². The van der Waals surface area contributed by atoms with Crippen molar-refractivity contribution in [3.05, 3.63) is 0 Å². The van der Waals surface area contributed by atoms with E-state index in [2.05, 4.69) is 8.83 Å². The molecule has 12 N–H and O–H groups in total. The Morgan fingerprint density at radius 1 is 1.07 bits per heavy atom. The molecule has 15 heavy (non-hydrogen) atoms. The molecule has 0 saturated heterocycles. The molecule has 0 aromatic heterocycles. The van der Waals surface area contributed by atoms with Gasteiger partial charge in [0.15, 0.2) is 0 Å². The van der Waals surface area contributed by atoms with E-state index in [1.54, 1.807) is 0 Å². The normalized spacial score (nSPS) is 13.3. The van der Waals surface area contributed by atoms with Crippen molar-refractivity contribution in [1.82, 2.24) is 18.5 Å². The summed E-state index contributed by atoms with van der Waals surface area (Å²) in [7, 11) is -11.1. The first-order chi connectivity index (χ1) is 5.12. The molecule has 0 rings (SSSR count). The second-order valence-electron chi connectivity index (χ2n) is 1.56. The van der Waals surface area contributed by atoms with Gasteiger partial charge in [-0.25, -0.2) is 0 Å². The van der Waals surface area contributed by atoms with E-state index in [1.165, 1.54) is 0 Å². The van der Waals surface area contributed by atoms with Gasteiger partial charge in [-0.2, -0.15) is 0 Å². The molecule has 0 aliphatic carbocycles. The van der Waals surface area contributed by atoms with Crippen LogP contribution in [-0.4, -0.2) is 5.97 Å². The number of carbonyl (C=O) groups excluding carboxylic acids is 1. The highest BCUT2D eigenvalue weighted by Crippen LogP contribution is 2.50. The zero-order chi connectivity index (χ0) is 9.99. The fraction of sp³-hybridized carbons (Fsp3) is 0.500. The van der Waals surface area contributed by atoms with Crippen molar-refractivity contribution in [2.75, 3.05) is 0 Å². The maximum atomic E-state index is 10.2. The number of quaternary nitrogens is 3. The van der Waals surface area contributed by atoms with Gasteiger partial charge >= 0.3 is 13.8 Å². The molecule has 96 valence electrons. The zero-order valence-electron chi connectivity index (χ0n) is 8.66. The standard InChI is InChI=1S/C2H6O8P2.3H3N/c1-2(3)9-12(7,8)10-11(4,5)6;;;/h1H3,(H,7,8)(H2,4,5,6);3*1H3.